The van der Waals surface area contributed by atoms with Gasteiger partial charge in [0, 0.05) is 55.7 Å². The maximum atomic E-state index is 13.2. The predicted octanol–water partition coefficient (Wildman–Crippen LogP) is 3.81. The summed E-state index contributed by atoms with van der Waals surface area (Å²) in [6.07, 6.45) is 3.10. The summed E-state index contributed by atoms with van der Waals surface area (Å²) < 4.78 is 28.0. The van der Waals surface area contributed by atoms with Crippen LogP contribution in [0.2, 0.25) is 0 Å². The second-order valence-corrected chi connectivity index (χ2v) is 9.62. The third kappa shape index (κ3) is 3.45. The lowest BCUT2D eigenvalue weighted by atomic mass is 10.1. The van der Waals surface area contributed by atoms with Gasteiger partial charge in [0.15, 0.2) is 0 Å². The van der Waals surface area contributed by atoms with Crippen molar-refractivity contribution in [3.05, 3.63) is 83.2 Å². The molecule has 1 aliphatic rings. The molecule has 3 aromatic carbocycles. The first-order valence-electron chi connectivity index (χ1n) is 10.2. The van der Waals surface area contributed by atoms with Gasteiger partial charge in [0.05, 0.1) is 15.2 Å². The molecule has 0 amide bonds. The van der Waals surface area contributed by atoms with Crippen molar-refractivity contribution in [2.75, 3.05) is 31.1 Å². The number of sulfonamides is 1. The normalized spacial score (nSPS) is 15.3. The molecule has 1 aliphatic heterocycles. The SMILES string of the molecule is O=[N+]([O-])c1ccc(N2CCN(S(=O)(=O)c3ccc4ccccc4c3)CC2)c2ccncc12. The van der Waals surface area contributed by atoms with E-state index < -0.39 is 14.9 Å². The number of hydrogen-bond donors (Lipinski definition) is 0. The number of piperazine rings is 1. The predicted molar refractivity (Wildman–Crippen MR) is 123 cm³/mol. The van der Waals surface area contributed by atoms with Crippen molar-refractivity contribution in [3.63, 3.8) is 0 Å². The van der Waals surface area contributed by atoms with Crippen molar-refractivity contribution in [1.29, 1.82) is 0 Å². The van der Waals surface area contributed by atoms with Crippen LogP contribution in [0.1, 0.15) is 0 Å². The van der Waals surface area contributed by atoms with Gasteiger partial charge in [0.25, 0.3) is 5.69 Å². The minimum Gasteiger partial charge on any atom is -0.368 e. The largest absolute Gasteiger partial charge is 0.368 e. The molecule has 5 rings (SSSR count). The van der Waals surface area contributed by atoms with Crippen LogP contribution in [0.25, 0.3) is 21.5 Å². The van der Waals surface area contributed by atoms with E-state index in [-0.39, 0.29) is 10.6 Å². The van der Waals surface area contributed by atoms with Crippen LogP contribution in [0, 0.1) is 10.1 Å². The summed E-state index contributed by atoms with van der Waals surface area (Å²) in [5.41, 5.74) is 0.852. The summed E-state index contributed by atoms with van der Waals surface area (Å²) in [6.45, 7) is 1.64. The van der Waals surface area contributed by atoms with E-state index in [9.17, 15) is 18.5 Å². The van der Waals surface area contributed by atoms with E-state index in [0.717, 1.165) is 21.8 Å². The number of rotatable bonds is 4. The molecule has 2 heterocycles. The first kappa shape index (κ1) is 20.3. The molecule has 0 atom stereocenters. The standard InChI is InChI=1S/C23H20N4O4S/c28-27(29)23-8-7-22(20-9-10-24-16-21(20)23)25-11-13-26(14-12-25)32(30,31)19-6-5-17-3-1-2-4-18(17)15-19/h1-10,15-16H,11-14H2. The summed E-state index contributed by atoms with van der Waals surface area (Å²) in [6, 6.07) is 17.8. The van der Waals surface area contributed by atoms with Gasteiger partial charge in [0.2, 0.25) is 10.0 Å². The molecule has 1 aromatic heterocycles. The van der Waals surface area contributed by atoms with Crippen LogP contribution in [0.15, 0.2) is 78.0 Å². The molecule has 0 spiro atoms. The third-order valence-electron chi connectivity index (χ3n) is 5.91. The Morgan fingerprint density at radius 1 is 0.875 bits per heavy atom. The monoisotopic (exact) mass is 448 g/mol. The number of nitro groups is 1. The second kappa shape index (κ2) is 7.85. The maximum Gasteiger partial charge on any atom is 0.278 e. The van der Waals surface area contributed by atoms with Crippen LogP contribution >= 0.6 is 0 Å². The lowest BCUT2D eigenvalue weighted by Crippen LogP contribution is -2.48. The molecular weight excluding hydrogens is 428 g/mol. The van der Waals surface area contributed by atoms with Crippen LogP contribution in [0.4, 0.5) is 11.4 Å². The first-order chi connectivity index (χ1) is 15.4. The van der Waals surface area contributed by atoms with E-state index in [1.165, 1.54) is 16.6 Å². The summed E-state index contributed by atoms with van der Waals surface area (Å²) >= 11 is 0. The molecule has 0 unspecified atom stereocenters. The van der Waals surface area contributed by atoms with Crippen molar-refractivity contribution in [2.45, 2.75) is 4.90 Å². The number of fused-ring (bicyclic) bond motifs is 2. The van der Waals surface area contributed by atoms with Gasteiger partial charge in [-0.3, -0.25) is 15.1 Å². The second-order valence-electron chi connectivity index (χ2n) is 7.68. The van der Waals surface area contributed by atoms with Gasteiger partial charge in [-0.2, -0.15) is 4.31 Å². The smallest absolute Gasteiger partial charge is 0.278 e. The molecule has 0 N–H and O–H groups in total. The molecule has 8 nitrogen and oxygen atoms in total. The maximum absolute atomic E-state index is 13.2. The number of nitro benzene ring substituents is 1. The lowest BCUT2D eigenvalue weighted by molar-refractivity contribution is -0.383. The average Bonchev–Trinajstić information content (AvgIpc) is 2.83. The van der Waals surface area contributed by atoms with E-state index in [1.54, 1.807) is 30.5 Å². The molecule has 0 radical (unpaired) electrons. The number of benzene rings is 3. The Bertz CT molecular complexity index is 1450. The van der Waals surface area contributed by atoms with E-state index in [2.05, 4.69) is 9.88 Å². The average molecular weight is 449 g/mol. The van der Waals surface area contributed by atoms with Gasteiger partial charge in [0.1, 0.15) is 0 Å². The Labute approximate surface area is 184 Å². The zero-order valence-corrected chi connectivity index (χ0v) is 17.9. The first-order valence-corrected chi connectivity index (χ1v) is 11.6. The molecule has 1 saturated heterocycles. The molecule has 0 aliphatic carbocycles. The van der Waals surface area contributed by atoms with Crippen molar-refractivity contribution in [2.24, 2.45) is 0 Å². The van der Waals surface area contributed by atoms with Crippen molar-refractivity contribution in [1.82, 2.24) is 9.29 Å². The Morgan fingerprint density at radius 2 is 1.62 bits per heavy atom. The van der Waals surface area contributed by atoms with Crippen LogP contribution in [0.5, 0.6) is 0 Å². The van der Waals surface area contributed by atoms with Gasteiger partial charge in [-0.1, -0.05) is 30.3 Å². The highest BCUT2D eigenvalue weighted by molar-refractivity contribution is 7.89. The van der Waals surface area contributed by atoms with E-state index >= 15 is 0 Å². The minimum absolute atomic E-state index is 0.00867. The number of pyridine rings is 1. The number of aromatic nitrogens is 1. The van der Waals surface area contributed by atoms with Crippen LogP contribution < -0.4 is 4.90 Å². The topological polar surface area (TPSA) is 96.6 Å². The number of non-ortho nitro benzene ring substituents is 1. The summed E-state index contributed by atoms with van der Waals surface area (Å²) in [5.74, 6) is 0. The van der Waals surface area contributed by atoms with E-state index in [4.69, 9.17) is 0 Å². The summed E-state index contributed by atoms with van der Waals surface area (Å²) in [5, 5.41) is 14.5. The Hall–Kier alpha value is -3.56. The molecule has 9 heteroatoms. The van der Waals surface area contributed by atoms with Gasteiger partial charge in [-0.15, -0.1) is 0 Å². The fourth-order valence-corrected chi connectivity index (χ4v) is 5.70. The van der Waals surface area contributed by atoms with Gasteiger partial charge < -0.3 is 4.90 Å². The van der Waals surface area contributed by atoms with E-state index in [0.29, 0.717) is 31.6 Å². The Kier molecular flexibility index (Phi) is 4.99. The van der Waals surface area contributed by atoms with Crippen molar-refractivity contribution >= 4 is 42.9 Å². The molecule has 0 saturated carbocycles. The van der Waals surface area contributed by atoms with Gasteiger partial charge in [-0.05, 0) is 35.0 Å². The molecular formula is C23H20N4O4S. The highest BCUT2D eigenvalue weighted by Gasteiger charge is 2.29. The lowest BCUT2D eigenvalue weighted by Gasteiger charge is -2.36. The molecule has 162 valence electrons. The molecule has 0 bridgehead atoms. The van der Waals surface area contributed by atoms with Crippen LogP contribution in [-0.4, -0.2) is 48.8 Å². The van der Waals surface area contributed by atoms with Crippen molar-refractivity contribution < 1.29 is 13.3 Å². The number of hydrogen-bond acceptors (Lipinski definition) is 6. The zero-order valence-electron chi connectivity index (χ0n) is 17.1. The van der Waals surface area contributed by atoms with Crippen molar-refractivity contribution in [3.8, 4) is 0 Å². The fraction of sp³-hybridized carbons (Fsp3) is 0.174. The highest BCUT2D eigenvalue weighted by atomic mass is 32.2. The molecule has 1 fully saturated rings. The zero-order chi connectivity index (χ0) is 22.3. The fourth-order valence-electron chi connectivity index (χ4n) is 4.24. The van der Waals surface area contributed by atoms with Gasteiger partial charge in [-0.25, -0.2) is 8.42 Å². The molecule has 32 heavy (non-hydrogen) atoms. The summed E-state index contributed by atoms with van der Waals surface area (Å²) in [7, 11) is -3.61. The van der Waals surface area contributed by atoms with Gasteiger partial charge >= 0.3 is 0 Å². The molecule has 4 aromatic rings. The van der Waals surface area contributed by atoms with Crippen LogP contribution in [-0.2, 0) is 10.0 Å². The number of nitrogens with zero attached hydrogens (tertiary/aromatic N) is 4. The quantitative estimate of drug-likeness (QED) is 0.348. The number of anilines is 1. The Balaban J connectivity index is 1.40. The Morgan fingerprint density at radius 3 is 2.38 bits per heavy atom. The highest BCUT2D eigenvalue weighted by Crippen LogP contribution is 2.34. The van der Waals surface area contributed by atoms with Crippen LogP contribution in [0.3, 0.4) is 0 Å². The summed E-state index contributed by atoms with van der Waals surface area (Å²) in [4.78, 5) is 17.3. The van der Waals surface area contributed by atoms with E-state index in [1.807, 2.05) is 30.3 Å². The third-order valence-corrected chi connectivity index (χ3v) is 7.80. The minimum atomic E-state index is -3.61.